The molecule has 2 heterocycles. The zero-order chi connectivity index (χ0) is 19.3. The number of rotatable bonds is 2. The number of nitrogens with zero attached hydrogens (tertiary/aromatic N) is 4. The normalized spacial score (nSPS) is 11.9. The van der Waals surface area contributed by atoms with Gasteiger partial charge in [0.1, 0.15) is 0 Å². The van der Waals surface area contributed by atoms with Crippen LogP contribution < -0.4 is 9.80 Å². The molecule has 4 aromatic rings. The molecule has 4 nitrogen and oxygen atoms in total. The molecule has 1 aliphatic rings. The van der Waals surface area contributed by atoms with Gasteiger partial charge >= 0.3 is 20.1 Å². The van der Waals surface area contributed by atoms with Gasteiger partial charge in [0.05, 0.1) is 5.82 Å². The number of anilines is 3. The fourth-order valence-corrected chi connectivity index (χ4v) is 3.15. The molecule has 0 radical (unpaired) electrons. The molecule has 0 saturated heterocycles. The average Bonchev–Trinajstić information content (AvgIpc) is 3.33. The molecule has 0 bridgehead atoms. The second kappa shape index (κ2) is 9.55. The van der Waals surface area contributed by atoms with Gasteiger partial charge in [-0.25, -0.2) is 0 Å². The summed E-state index contributed by atoms with van der Waals surface area (Å²) in [6.45, 7) is 2.08. The molecule has 0 amide bonds. The predicted molar refractivity (Wildman–Crippen MR) is 114 cm³/mol. The van der Waals surface area contributed by atoms with Crippen molar-refractivity contribution in [1.29, 1.82) is 0 Å². The predicted octanol–water partition coefficient (Wildman–Crippen LogP) is 5.08. The van der Waals surface area contributed by atoms with E-state index in [1.807, 2.05) is 60.3 Å². The molecule has 0 saturated carbocycles. The Morgan fingerprint density at radius 2 is 1.52 bits per heavy atom. The van der Waals surface area contributed by atoms with Crippen LogP contribution >= 0.6 is 0 Å². The molecule has 3 aromatic carbocycles. The summed E-state index contributed by atoms with van der Waals surface area (Å²) in [5, 5.41) is 0. The van der Waals surface area contributed by atoms with Crippen molar-refractivity contribution in [3.05, 3.63) is 104 Å². The first-order valence-corrected chi connectivity index (χ1v) is 9.11. The van der Waals surface area contributed by atoms with Crippen LogP contribution in [0.4, 0.5) is 17.1 Å². The molecule has 5 heteroatoms. The van der Waals surface area contributed by atoms with Crippen molar-refractivity contribution in [2.24, 2.45) is 7.05 Å². The Balaban J connectivity index is 0.000000167. The monoisotopic (exact) mass is 558 g/mol. The Labute approximate surface area is 185 Å². The summed E-state index contributed by atoms with van der Waals surface area (Å²) in [5.74, 6) is 0.954. The van der Waals surface area contributed by atoms with Crippen molar-refractivity contribution in [3.8, 4) is 11.4 Å². The molecule has 0 fully saturated rings. The summed E-state index contributed by atoms with van der Waals surface area (Å²) in [4.78, 5) is 8.49. The van der Waals surface area contributed by atoms with E-state index in [9.17, 15) is 0 Å². The van der Waals surface area contributed by atoms with Gasteiger partial charge in [0.2, 0.25) is 0 Å². The van der Waals surface area contributed by atoms with E-state index in [4.69, 9.17) is 0 Å². The van der Waals surface area contributed by atoms with Gasteiger partial charge in [-0.15, -0.1) is 41.6 Å². The number of benzene rings is 3. The first-order valence-electron chi connectivity index (χ1n) is 9.11. The Hall–Kier alpha value is -2.88. The van der Waals surface area contributed by atoms with E-state index < -0.39 is 0 Å². The Bertz CT molecular complexity index is 1030. The van der Waals surface area contributed by atoms with Crippen LogP contribution in [0.3, 0.4) is 0 Å². The van der Waals surface area contributed by atoms with E-state index in [0.29, 0.717) is 0 Å². The third kappa shape index (κ3) is 4.58. The number of fused-ring (bicyclic) bond motifs is 1. The number of aromatic nitrogens is 2. The van der Waals surface area contributed by atoms with Crippen LogP contribution in [0.2, 0.25) is 0 Å². The molecule has 1 aliphatic heterocycles. The third-order valence-electron chi connectivity index (χ3n) is 4.53. The van der Waals surface area contributed by atoms with E-state index >= 15 is 0 Å². The van der Waals surface area contributed by atoms with E-state index in [2.05, 4.69) is 71.0 Å². The van der Waals surface area contributed by atoms with Crippen LogP contribution in [0.5, 0.6) is 0 Å². The van der Waals surface area contributed by atoms with Gasteiger partial charge in [-0.2, -0.15) is 37.0 Å². The third-order valence-corrected chi connectivity index (χ3v) is 4.53. The molecule has 0 aliphatic carbocycles. The van der Waals surface area contributed by atoms with Crippen LogP contribution in [-0.2, 0) is 27.2 Å². The summed E-state index contributed by atoms with van der Waals surface area (Å²) in [7, 11) is 4.03. The first kappa shape index (κ1) is 20.8. The van der Waals surface area contributed by atoms with E-state index in [-0.39, 0.29) is 20.1 Å². The number of hydrogen-bond acceptors (Lipinski definition) is 3. The SMILES string of the molecule is CN1[CH-]N(c2[c-]cccc2)c2ccccc21.Cn1ccnc1-c1[c-]cccc1.[Ir+3]. The zero-order valence-corrected chi connectivity index (χ0v) is 18.7. The van der Waals surface area contributed by atoms with Crippen molar-refractivity contribution >= 4 is 17.1 Å². The van der Waals surface area contributed by atoms with Crippen molar-refractivity contribution < 1.29 is 20.1 Å². The number of para-hydroxylation sites is 3. The maximum atomic E-state index is 4.22. The summed E-state index contributed by atoms with van der Waals surface area (Å²) in [5.41, 5.74) is 4.52. The van der Waals surface area contributed by atoms with Crippen molar-refractivity contribution in [1.82, 2.24) is 9.55 Å². The maximum absolute atomic E-state index is 4.22. The second-order valence-electron chi connectivity index (χ2n) is 6.47. The molecule has 0 unspecified atom stereocenters. The van der Waals surface area contributed by atoms with E-state index in [1.165, 1.54) is 11.4 Å². The zero-order valence-electron chi connectivity index (χ0n) is 16.3. The largest absolute Gasteiger partial charge is 3.00 e. The summed E-state index contributed by atoms with van der Waals surface area (Å²) < 4.78 is 1.98. The first-order chi connectivity index (χ1) is 13.7. The molecule has 146 valence electrons. The van der Waals surface area contributed by atoms with Crippen molar-refractivity contribution in [2.75, 3.05) is 16.8 Å². The number of imidazole rings is 1. The van der Waals surface area contributed by atoms with Gasteiger partial charge < -0.3 is 14.4 Å². The molecule has 0 spiro atoms. The minimum atomic E-state index is 0. The maximum Gasteiger partial charge on any atom is 3.00 e. The van der Waals surface area contributed by atoms with Crippen LogP contribution in [0.15, 0.2) is 85.2 Å². The minimum absolute atomic E-state index is 0. The minimum Gasteiger partial charge on any atom is -0.504 e. The molecule has 5 rings (SSSR count). The summed E-state index contributed by atoms with van der Waals surface area (Å²) in [6, 6.07) is 30.6. The summed E-state index contributed by atoms with van der Waals surface area (Å²) in [6.07, 6.45) is 3.71. The van der Waals surface area contributed by atoms with Crippen LogP contribution in [-0.4, -0.2) is 16.6 Å². The molecule has 29 heavy (non-hydrogen) atoms. The summed E-state index contributed by atoms with van der Waals surface area (Å²) >= 11 is 0. The fourth-order valence-electron chi connectivity index (χ4n) is 3.15. The van der Waals surface area contributed by atoms with Gasteiger partial charge in [0, 0.05) is 30.8 Å². The average molecular weight is 558 g/mol. The molecule has 0 N–H and O–H groups in total. The number of aryl methyl sites for hydroxylation is 1. The molecular formula is C24H21IrN4. The van der Waals surface area contributed by atoms with E-state index in [0.717, 1.165) is 17.1 Å². The molecule has 0 atom stereocenters. The van der Waals surface area contributed by atoms with Gasteiger partial charge in [-0.05, 0) is 19.2 Å². The quantitative estimate of drug-likeness (QED) is 0.322. The van der Waals surface area contributed by atoms with Gasteiger partial charge in [0.25, 0.3) is 0 Å². The molecule has 1 aromatic heterocycles. The van der Waals surface area contributed by atoms with Crippen molar-refractivity contribution in [2.45, 2.75) is 0 Å². The fraction of sp³-hybridized carbons (Fsp3) is 0.0833. The van der Waals surface area contributed by atoms with Gasteiger partial charge in [-0.3, -0.25) is 4.98 Å². The second-order valence-corrected chi connectivity index (χ2v) is 6.47. The Morgan fingerprint density at radius 3 is 2.14 bits per heavy atom. The van der Waals surface area contributed by atoms with Crippen LogP contribution in [0.1, 0.15) is 0 Å². The topological polar surface area (TPSA) is 24.3 Å². The Kier molecular flexibility index (Phi) is 6.86. The van der Waals surface area contributed by atoms with Gasteiger partial charge in [-0.1, -0.05) is 12.1 Å². The van der Waals surface area contributed by atoms with Crippen molar-refractivity contribution in [3.63, 3.8) is 0 Å². The van der Waals surface area contributed by atoms with Crippen LogP contribution in [0, 0.1) is 18.8 Å². The van der Waals surface area contributed by atoms with Crippen LogP contribution in [0.25, 0.3) is 11.4 Å². The van der Waals surface area contributed by atoms with Gasteiger partial charge in [0.15, 0.2) is 0 Å². The standard InChI is InChI=1S/C14H12N2.C10H9N2.Ir/c1-15-11-16(12-7-3-2-4-8-12)14-10-6-5-9-13(14)15;1-12-8-7-11-10(12)9-5-3-2-4-6-9;/h2-7,9-11H,1H3;2-5,7-8H,1H3;/q-2;-1;+3. The van der Waals surface area contributed by atoms with E-state index in [1.54, 1.807) is 6.20 Å². The number of hydrogen-bond donors (Lipinski definition) is 0. The smallest absolute Gasteiger partial charge is 0.504 e. The Morgan fingerprint density at radius 1 is 0.828 bits per heavy atom. The molecular weight excluding hydrogens is 537 g/mol.